The Labute approximate surface area is 228 Å². The van der Waals surface area contributed by atoms with Gasteiger partial charge in [-0.2, -0.15) is 0 Å². The average Bonchev–Trinajstić information content (AvgIpc) is 3.51. The smallest absolute Gasteiger partial charge is 0.329 e. The topological polar surface area (TPSA) is 91.6 Å². The molecule has 4 heterocycles. The molecule has 3 aliphatic heterocycles. The van der Waals surface area contributed by atoms with Gasteiger partial charge in [-0.15, -0.1) is 0 Å². The van der Waals surface area contributed by atoms with Crippen LogP contribution in [0.5, 0.6) is 0 Å². The van der Waals surface area contributed by atoms with Crippen molar-refractivity contribution in [3.63, 3.8) is 0 Å². The van der Waals surface area contributed by atoms with Gasteiger partial charge in [0, 0.05) is 44.8 Å². The van der Waals surface area contributed by atoms with Crippen LogP contribution in [0.1, 0.15) is 38.1 Å². The van der Waals surface area contributed by atoms with Gasteiger partial charge < -0.3 is 15.1 Å². The van der Waals surface area contributed by atoms with Gasteiger partial charge in [-0.25, -0.2) is 4.79 Å². The molecule has 6 rings (SSSR count). The monoisotopic (exact) mass is 530 g/mol. The number of amides is 2. The second-order valence-corrected chi connectivity index (χ2v) is 11.5. The zero-order valence-electron chi connectivity index (χ0n) is 22.9. The molecular weight excluding hydrogens is 492 g/mol. The molecule has 0 bridgehead atoms. The minimum Gasteiger partial charge on any atom is -0.371 e. The molecule has 9 nitrogen and oxygen atoms in total. The van der Waals surface area contributed by atoms with E-state index in [2.05, 4.69) is 51.7 Å². The van der Waals surface area contributed by atoms with Crippen molar-refractivity contribution in [1.29, 1.82) is 0 Å². The average molecular weight is 531 g/mol. The molecule has 0 radical (unpaired) electrons. The van der Waals surface area contributed by atoms with Gasteiger partial charge in [0.15, 0.2) is 0 Å². The van der Waals surface area contributed by atoms with Crippen molar-refractivity contribution in [2.24, 2.45) is 13.0 Å². The molecule has 1 aromatic heterocycles. The van der Waals surface area contributed by atoms with Gasteiger partial charge >= 0.3 is 5.69 Å². The normalized spacial score (nSPS) is 22.7. The lowest BCUT2D eigenvalue weighted by molar-refractivity contribution is -0.135. The van der Waals surface area contributed by atoms with E-state index in [1.54, 1.807) is 11.6 Å². The van der Waals surface area contributed by atoms with Crippen molar-refractivity contribution in [2.45, 2.75) is 44.2 Å². The van der Waals surface area contributed by atoms with Crippen LogP contribution in [0, 0.1) is 5.92 Å². The molecule has 1 unspecified atom stereocenters. The summed E-state index contributed by atoms with van der Waals surface area (Å²) in [5.41, 5.74) is 4.59. The summed E-state index contributed by atoms with van der Waals surface area (Å²) in [6.07, 6.45) is 4.28. The molecule has 0 aliphatic carbocycles. The number of aryl methyl sites for hydroxylation is 1. The number of carbonyl (C=O) groups is 2. The number of rotatable bonds is 6. The van der Waals surface area contributed by atoms with Gasteiger partial charge in [0.2, 0.25) is 11.8 Å². The number of fused-ring (bicyclic) bond motifs is 1. The lowest BCUT2D eigenvalue weighted by Gasteiger charge is -2.33. The molecule has 3 aromatic rings. The molecule has 9 heteroatoms. The Morgan fingerprint density at radius 3 is 2.41 bits per heavy atom. The van der Waals surface area contributed by atoms with Gasteiger partial charge in [-0.3, -0.25) is 24.0 Å². The highest BCUT2D eigenvalue weighted by molar-refractivity contribution is 6.00. The number of hydrogen-bond acceptors (Lipinski definition) is 6. The first-order chi connectivity index (χ1) is 18.9. The molecule has 2 amide bonds. The molecular formula is C30H38N6O3. The molecule has 2 N–H and O–H groups in total. The van der Waals surface area contributed by atoms with E-state index in [0.29, 0.717) is 23.9 Å². The van der Waals surface area contributed by atoms with Crippen molar-refractivity contribution in [1.82, 2.24) is 24.7 Å². The van der Waals surface area contributed by atoms with Gasteiger partial charge in [0.25, 0.3) is 0 Å². The SMILES string of the molecule is CN(C[C@@H]1CCN(c2ccc(-c3ccc4c(c3)n(C)c(=O)n4C3CCC(=O)NC3=O)cc2)C1)C1CCNCC1. The Kier molecular flexibility index (Phi) is 7.03. The molecule has 2 atom stereocenters. The number of hydrogen-bond donors (Lipinski definition) is 2. The van der Waals surface area contributed by atoms with E-state index >= 15 is 0 Å². The number of nitrogens with zero attached hydrogens (tertiary/aromatic N) is 4. The summed E-state index contributed by atoms with van der Waals surface area (Å²) in [5, 5.41) is 5.83. The van der Waals surface area contributed by atoms with Crippen LogP contribution in [-0.2, 0) is 16.6 Å². The van der Waals surface area contributed by atoms with E-state index in [9.17, 15) is 14.4 Å². The summed E-state index contributed by atoms with van der Waals surface area (Å²) in [6, 6.07) is 14.7. The van der Waals surface area contributed by atoms with E-state index in [4.69, 9.17) is 0 Å². The number of benzene rings is 2. The summed E-state index contributed by atoms with van der Waals surface area (Å²) in [6.45, 7) is 5.61. The van der Waals surface area contributed by atoms with Crippen LogP contribution in [-0.4, -0.2) is 71.7 Å². The highest BCUT2D eigenvalue weighted by atomic mass is 16.2. The number of piperidine rings is 2. The fraction of sp³-hybridized carbons (Fsp3) is 0.500. The van der Waals surface area contributed by atoms with E-state index < -0.39 is 11.9 Å². The quantitative estimate of drug-likeness (QED) is 0.476. The number of aromatic nitrogens is 2. The van der Waals surface area contributed by atoms with Crippen molar-refractivity contribution >= 4 is 28.5 Å². The molecule has 39 heavy (non-hydrogen) atoms. The summed E-state index contributed by atoms with van der Waals surface area (Å²) in [4.78, 5) is 42.2. The second kappa shape index (κ2) is 10.6. The Balaban J connectivity index is 1.16. The standard InChI is InChI=1S/C30H38N6O3/c1-33(23-11-14-31-15-12-23)18-20-13-16-35(19-20)24-6-3-21(4-7-24)22-5-8-25-27(17-22)34(2)30(39)36(25)26-9-10-28(37)32-29(26)38/h3-8,17,20,23,26,31H,9-16,18-19H2,1-2H3,(H,32,37,38)/t20-,26?/m0/s1. The third kappa shape index (κ3) is 5.01. The van der Waals surface area contributed by atoms with Crippen molar-refractivity contribution in [2.75, 3.05) is 44.7 Å². The summed E-state index contributed by atoms with van der Waals surface area (Å²) < 4.78 is 3.11. The number of carbonyl (C=O) groups excluding carboxylic acids is 2. The lowest BCUT2D eigenvalue weighted by atomic mass is 10.0. The fourth-order valence-electron chi connectivity index (χ4n) is 6.66. The molecule has 2 aromatic carbocycles. The fourth-order valence-corrected chi connectivity index (χ4v) is 6.66. The first kappa shape index (κ1) is 25.8. The van der Waals surface area contributed by atoms with Crippen LogP contribution in [0.4, 0.5) is 5.69 Å². The highest BCUT2D eigenvalue weighted by Gasteiger charge is 2.31. The number of imide groups is 1. The van der Waals surface area contributed by atoms with E-state index in [1.807, 2.05) is 18.2 Å². The molecule has 206 valence electrons. The van der Waals surface area contributed by atoms with Gasteiger partial charge in [0.1, 0.15) is 6.04 Å². The maximum atomic E-state index is 13.1. The summed E-state index contributed by atoms with van der Waals surface area (Å²) in [7, 11) is 4.02. The number of imidazole rings is 1. The molecule has 3 aliphatic rings. The molecule has 3 saturated heterocycles. The molecule has 0 saturated carbocycles. The van der Waals surface area contributed by atoms with Crippen LogP contribution >= 0.6 is 0 Å². The van der Waals surface area contributed by atoms with Gasteiger partial charge in [0.05, 0.1) is 11.0 Å². The lowest BCUT2D eigenvalue weighted by Crippen LogP contribution is -2.44. The third-order valence-corrected chi connectivity index (χ3v) is 8.94. The van der Waals surface area contributed by atoms with Gasteiger partial charge in [-0.1, -0.05) is 18.2 Å². The maximum absolute atomic E-state index is 13.1. The summed E-state index contributed by atoms with van der Waals surface area (Å²) in [5.74, 6) is -0.00599. The maximum Gasteiger partial charge on any atom is 0.329 e. The highest BCUT2D eigenvalue weighted by Crippen LogP contribution is 2.30. The number of nitrogens with one attached hydrogen (secondary N) is 2. The Bertz CT molecular complexity index is 1440. The minimum atomic E-state index is -0.673. The van der Waals surface area contributed by atoms with Crippen molar-refractivity contribution in [3.05, 3.63) is 52.9 Å². The predicted molar refractivity (Wildman–Crippen MR) is 153 cm³/mol. The van der Waals surface area contributed by atoms with E-state index in [0.717, 1.165) is 49.4 Å². The summed E-state index contributed by atoms with van der Waals surface area (Å²) >= 11 is 0. The van der Waals surface area contributed by atoms with Crippen LogP contribution in [0.2, 0.25) is 0 Å². The second-order valence-electron chi connectivity index (χ2n) is 11.5. The Hall–Kier alpha value is -3.43. The van der Waals surface area contributed by atoms with Crippen LogP contribution in [0.25, 0.3) is 22.2 Å². The Morgan fingerprint density at radius 2 is 1.67 bits per heavy atom. The van der Waals surface area contributed by atoms with E-state index in [1.165, 1.54) is 29.5 Å². The van der Waals surface area contributed by atoms with E-state index in [-0.39, 0.29) is 18.0 Å². The molecule has 0 spiro atoms. The van der Waals surface area contributed by atoms with Crippen molar-refractivity contribution < 1.29 is 9.59 Å². The largest absolute Gasteiger partial charge is 0.371 e. The third-order valence-electron chi connectivity index (χ3n) is 8.94. The zero-order valence-corrected chi connectivity index (χ0v) is 22.9. The van der Waals surface area contributed by atoms with Crippen LogP contribution in [0.3, 0.4) is 0 Å². The molecule has 3 fully saturated rings. The van der Waals surface area contributed by atoms with Crippen LogP contribution in [0.15, 0.2) is 47.3 Å². The first-order valence-corrected chi connectivity index (χ1v) is 14.2. The zero-order chi connectivity index (χ0) is 27.1. The van der Waals surface area contributed by atoms with Crippen LogP contribution < -0.4 is 21.2 Å². The number of anilines is 1. The minimum absolute atomic E-state index is 0.233. The predicted octanol–water partition coefficient (Wildman–Crippen LogP) is 2.49. The van der Waals surface area contributed by atoms with Gasteiger partial charge in [-0.05, 0) is 87.1 Å². The van der Waals surface area contributed by atoms with Crippen molar-refractivity contribution in [3.8, 4) is 11.1 Å². The first-order valence-electron chi connectivity index (χ1n) is 14.2. The Morgan fingerprint density at radius 1 is 0.923 bits per heavy atom.